The fourth-order valence-corrected chi connectivity index (χ4v) is 3.60. The highest BCUT2D eigenvalue weighted by atomic mass is 31.2. The summed E-state index contributed by atoms with van der Waals surface area (Å²) in [6.45, 7) is -0.122. The van der Waals surface area contributed by atoms with Crippen LogP contribution in [0, 0.1) is 5.82 Å². The number of hydrogen-bond donors (Lipinski definition) is 3. The fourth-order valence-electron chi connectivity index (χ4n) is 3.32. The van der Waals surface area contributed by atoms with Crippen LogP contribution in [-0.4, -0.2) is 26.5 Å². The Balaban J connectivity index is 1.36. The minimum absolute atomic E-state index is 0.196. The summed E-state index contributed by atoms with van der Waals surface area (Å²) in [6, 6.07) is 15.2. The van der Waals surface area contributed by atoms with Crippen molar-refractivity contribution in [2.24, 2.45) is 0 Å². The SMILES string of the molecule is Nc1c(-c2cc(Cc3ccc(OCCc4ccccc4F)nc3)no2)ccc[n+]1COP(=O)(O)O. The second-order valence-corrected chi connectivity index (χ2v) is 8.82. The van der Waals surface area contributed by atoms with Crippen molar-refractivity contribution >= 4 is 13.6 Å². The highest BCUT2D eigenvalue weighted by Gasteiger charge is 2.20. The average molecular weight is 501 g/mol. The Morgan fingerprint density at radius 1 is 1.14 bits per heavy atom. The number of anilines is 1. The number of pyridine rings is 2. The summed E-state index contributed by atoms with van der Waals surface area (Å²) in [5.41, 5.74) is 8.70. The molecule has 0 saturated carbocycles. The second kappa shape index (κ2) is 10.7. The first kappa shape index (κ1) is 24.5. The standard InChI is InChI=1S/C23H22FN4O6P/c24-20-6-2-1-4-17(20)9-11-32-22-8-7-16(14-26-22)12-18-13-21(34-27-18)19-5-3-10-28(23(19)25)15-33-35(29,30)31/h1-8,10,13-14,25H,9,11-12,15H2,(H2,29,30,31)/p+1. The summed E-state index contributed by atoms with van der Waals surface area (Å²) >= 11 is 0. The lowest BCUT2D eigenvalue weighted by Gasteiger charge is -2.07. The fraction of sp³-hybridized carbons (Fsp3) is 0.174. The van der Waals surface area contributed by atoms with Gasteiger partial charge < -0.3 is 19.0 Å². The molecule has 0 aliphatic rings. The van der Waals surface area contributed by atoms with E-state index >= 15 is 0 Å². The van der Waals surface area contributed by atoms with E-state index in [-0.39, 0.29) is 11.6 Å². The van der Waals surface area contributed by atoms with Crippen LogP contribution in [0.3, 0.4) is 0 Å². The maximum Gasteiger partial charge on any atom is 0.472 e. The van der Waals surface area contributed by atoms with E-state index in [1.54, 1.807) is 48.7 Å². The van der Waals surface area contributed by atoms with Crippen molar-refractivity contribution in [2.75, 3.05) is 12.3 Å². The number of benzene rings is 1. The molecule has 0 aliphatic carbocycles. The highest BCUT2D eigenvalue weighted by Crippen LogP contribution is 2.35. The Bertz CT molecular complexity index is 1340. The Morgan fingerprint density at radius 3 is 2.71 bits per heavy atom. The van der Waals surface area contributed by atoms with E-state index in [0.717, 1.165) is 5.56 Å². The quantitative estimate of drug-likeness (QED) is 0.221. The van der Waals surface area contributed by atoms with E-state index in [2.05, 4.69) is 14.7 Å². The molecule has 12 heteroatoms. The van der Waals surface area contributed by atoms with Gasteiger partial charge in [-0.2, -0.15) is 0 Å². The lowest BCUT2D eigenvalue weighted by Crippen LogP contribution is -2.38. The van der Waals surface area contributed by atoms with Crippen LogP contribution in [0.1, 0.15) is 16.8 Å². The number of nitrogen functional groups attached to an aromatic ring is 1. The van der Waals surface area contributed by atoms with Gasteiger partial charge in [-0.25, -0.2) is 23.0 Å². The third-order valence-electron chi connectivity index (χ3n) is 5.07. The summed E-state index contributed by atoms with van der Waals surface area (Å²) in [5.74, 6) is 0.768. The van der Waals surface area contributed by atoms with Crippen LogP contribution in [0.2, 0.25) is 0 Å². The van der Waals surface area contributed by atoms with Crippen LogP contribution in [0.25, 0.3) is 11.3 Å². The zero-order valence-corrected chi connectivity index (χ0v) is 19.3. The molecule has 0 unspecified atom stereocenters. The van der Waals surface area contributed by atoms with Gasteiger partial charge in [-0.05, 0) is 29.3 Å². The van der Waals surface area contributed by atoms with Gasteiger partial charge in [0.05, 0.1) is 18.5 Å². The van der Waals surface area contributed by atoms with Crippen LogP contribution in [0.5, 0.6) is 5.88 Å². The molecule has 3 heterocycles. The number of ether oxygens (including phenoxy) is 1. The monoisotopic (exact) mass is 501 g/mol. The summed E-state index contributed by atoms with van der Waals surface area (Å²) in [6.07, 6.45) is 4.07. The van der Waals surface area contributed by atoms with E-state index in [0.29, 0.717) is 47.9 Å². The van der Waals surface area contributed by atoms with E-state index in [4.69, 9.17) is 24.8 Å². The van der Waals surface area contributed by atoms with Gasteiger partial charge in [0, 0.05) is 31.2 Å². The summed E-state index contributed by atoms with van der Waals surface area (Å²) in [7, 11) is -4.64. The number of nitrogens with two attached hydrogens (primary N) is 1. The number of phosphoric ester groups is 1. The molecule has 4 rings (SSSR count). The zero-order valence-electron chi connectivity index (χ0n) is 18.5. The Labute approximate surface area is 200 Å². The van der Waals surface area contributed by atoms with Crippen molar-refractivity contribution < 1.29 is 37.1 Å². The van der Waals surface area contributed by atoms with Gasteiger partial charge in [0.25, 0.3) is 5.82 Å². The maximum atomic E-state index is 13.7. The van der Waals surface area contributed by atoms with Crippen molar-refractivity contribution in [3.63, 3.8) is 0 Å². The summed E-state index contributed by atoms with van der Waals surface area (Å²) in [5, 5.41) is 4.07. The third-order valence-corrected chi connectivity index (χ3v) is 5.52. The normalized spacial score (nSPS) is 11.5. The van der Waals surface area contributed by atoms with Gasteiger partial charge in [0.15, 0.2) is 5.76 Å². The number of phosphoric acid groups is 1. The summed E-state index contributed by atoms with van der Waals surface area (Å²) in [4.78, 5) is 22.1. The van der Waals surface area contributed by atoms with Gasteiger partial charge in [-0.1, -0.05) is 29.4 Å². The van der Waals surface area contributed by atoms with Crippen LogP contribution in [0.15, 0.2) is 71.5 Å². The second-order valence-electron chi connectivity index (χ2n) is 7.58. The topological polar surface area (TPSA) is 145 Å². The van der Waals surface area contributed by atoms with Gasteiger partial charge in [0.1, 0.15) is 11.4 Å². The van der Waals surface area contributed by atoms with E-state index in [1.165, 1.54) is 16.8 Å². The van der Waals surface area contributed by atoms with Crippen LogP contribution >= 0.6 is 7.82 Å². The molecule has 182 valence electrons. The Morgan fingerprint density at radius 2 is 1.97 bits per heavy atom. The molecule has 0 aliphatic heterocycles. The smallest absolute Gasteiger partial charge is 0.472 e. The third kappa shape index (κ3) is 6.71. The molecule has 0 fully saturated rings. The van der Waals surface area contributed by atoms with Crippen LogP contribution in [0.4, 0.5) is 10.2 Å². The maximum absolute atomic E-state index is 13.7. The number of nitrogens with zero attached hydrogens (tertiary/aromatic N) is 3. The molecule has 0 bridgehead atoms. The minimum Gasteiger partial charge on any atom is -0.477 e. The molecular weight excluding hydrogens is 478 g/mol. The first-order valence-corrected chi connectivity index (χ1v) is 12.1. The van der Waals surface area contributed by atoms with Crippen molar-refractivity contribution in [1.82, 2.24) is 10.1 Å². The van der Waals surface area contributed by atoms with Gasteiger partial charge in [-0.15, -0.1) is 0 Å². The van der Waals surface area contributed by atoms with Crippen molar-refractivity contribution in [3.05, 3.63) is 89.6 Å². The molecule has 0 radical (unpaired) electrons. The molecule has 35 heavy (non-hydrogen) atoms. The largest absolute Gasteiger partial charge is 0.477 e. The van der Waals surface area contributed by atoms with E-state index in [1.807, 2.05) is 6.07 Å². The number of hydrogen-bond acceptors (Lipinski definition) is 7. The van der Waals surface area contributed by atoms with E-state index in [9.17, 15) is 8.96 Å². The molecule has 3 aromatic heterocycles. The molecular formula is C23H23FN4O6P+. The van der Waals surface area contributed by atoms with Crippen LogP contribution < -0.4 is 15.0 Å². The molecule has 1 aromatic carbocycles. The predicted molar refractivity (Wildman–Crippen MR) is 122 cm³/mol. The number of rotatable bonds is 10. The van der Waals surface area contributed by atoms with E-state index < -0.39 is 14.6 Å². The minimum atomic E-state index is -4.64. The zero-order chi connectivity index (χ0) is 24.8. The highest BCUT2D eigenvalue weighted by molar-refractivity contribution is 7.46. The molecule has 4 aromatic rings. The Kier molecular flexibility index (Phi) is 7.52. The lowest BCUT2D eigenvalue weighted by molar-refractivity contribution is -0.711. The predicted octanol–water partition coefficient (Wildman–Crippen LogP) is 3.02. The number of halogens is 1. The summed E-state index contributed by atoms with van der Waals surface area (Å²) < 4.78 is 41.5. The van der Waals surface area contributed by atoms with Crippen molar-refractivity contribution in [3.8, 4) is 17.2 Å². The average Bonchev–Trinajstić information content (AvgIpc) is 3.28. The Hall–Kier alpha value is -3.63. The first-order chi connectivity index (χ1) is 16.8. The number of aromatic nitrogens is 3. The molecule has 10 nitrogen and oxygen atoms in total. The molecule has 4 N–H and O–H groups in total. The van der Waals surface area contributed by atoms with Crippen molar-refractivity contribution in [1.29, 1.82) is 0 Å². The lowest BCUT2D eigenvalue weighted by atomic mass is 10.1. The molecule has 0 amide bonds. The molecule has 0 spiro atoms. The van der Waals surface area contributed by atoms with Crippen molar-refractivity contribution in [2.45, 2.75) is 19.6 Å². The van der Waals surface area contributed by atoms with Gasteiger partial charge in [-0.3, -0.25) is 5.73 Å². The van der Waals surface area contributed by atoms with Gasteiger partial charge in [0.2, 0.25) is 12.6 Å². The molecule has 0 atom stereocenters. The van der Waals surface area contributed by atoms with Gasteiger partial charge >= 0.3 is 7.82 Å². The molecule has 0 saturated heterocycles. The van der Waals surface area contributed by atoms with Crippen LogP contribution in [-0.2, 0) is 28.7 Å². The first-order valence-electron chi connectivity index (χ1n) is 10.5.